The maximum atomic E-state index is 12.8. The van der Waals surface area contributed by atoms with E-state index in [0.717, 1.165) is 24.1 Å². The van der Waals surface area contributed by atoms with E-state index in [0.29, 0.717) is 17.8 Å². The zero-order valence-corrected chi connectivity index (χ0v) is 15.6. The number of anilines is 2. The molecule has 0 spiro atoms. The van der Waals surface area contributed by atoms with Crippen LogP contribution >= 0.6 is 0 Å². The number of fused-ring (bicyclic) bond motifs is 1. The summed E-state index contributed by atoms with van der Waals surface area (Å²) < 4.78 is 29.1. The average Bonchev–Trinajstić information content (AvgIpc) is 2.59. The number of carbonyl (C=O) groups excluding carboxylic acids is 1. The highest BCUT2D eigenvalue weighted by Crippen LogP contribution is 2.31. The maximum Gasteiger partial charge on any atom is 0.299 e. The van der Waals surface area contributed by atoms with Crippen LogP contribution in [0.25, 0.3) is 0 Å². The molecule has 1 aromatic carbocycles. The molecule has 8 heteroatoms. The predicted molar refractivity (Wildman–Crippen MR) is 101 cm³/mol. The topological polar surface area (TPSA) is 91.4 Å². The standard InChI is InChI=1S/C18H22N4O3S/c1-13(2)20-26(24,25)21-16-7-8-17-14(11-16)6-4-10-22(17)18(23)15-5-3-9-19-12-15/h3,5,7-9,11-13,20-21H,4,6,10H2,1-2H3. The number of benzene rings is 1. The summed E-state index contributed by atoms with van der Waals surface area (Å²) in [6.07, 6.45) is 4.79. The number of carbonyl (C=O) groups is 1. The molecule has 26 heavy (non-hydrogen) atoms. The van der Waals surface area contributed by atoms with E-state index >= 15 is 0 Å². The maximum absolute atomic E-state index is 12.8. The molecule has 1 aliphatic heterocycles. The zero-order valence-electron chi connectivity index (χ0n) is 14.8. The van der Waals surface area contributed by atoms with E-state index in [9.17, 15) is 13.2 Å². The van der Waals surface area contributed by atoms with Crippen LogP contribution in [0.15, 0.2) is 42.7 Å². The molecule has 1 amide bonds. The SMILES string of the molecule is CC(C)NS(=O)(=O)Nc1ccc2c(c1)CCCN2C(=O)c1cccnc1. The van der Waals surface area contributed by atoms with Crippen LogP contribution in [0.5, 0.6) is 0 Å². The summed E-state index contributed by atoms with van der Waals surface area (Å²) in [5, 5.41) is 0. The fourth-order valence-electron chi connectivity index (χ4n) is 3.01. The molecule has 7 nitrogen and oxygen atoms in total. The van der Waals surface area contributed by atoms with E-state index in [2.05, 4.69) is 14.4 Å². The molecule has 2 N–H and O–H groups in total. The van der Waals surface area contributed by atoms with E-state index in [4.69, 9.17) is 0 Å². The molecular weight excluding hydrogens is 352 g/mol. The first-order valence-corrected chi connectivity index (χ1v) is 9.99. The van der Waals surface area contributed by atoms with Crippen molar-refractivity contribution in [3.63, 3.8) is 0 Å². The monoisotopic (exact) mass is 374 g/mol. The molecule has 0 aliphatic carbocycles. The minimum atomic E-state index is -3.62. The Hall–Kier alpha value is -2.45. The second-order valence-electron chi connectivity index (χ2n) is 6.52. The molecule has 2 aromatic rings. The van der Waals surface area contributed by atoms with Crippen molar-refractivity contribution in [1.29, 1.82) is 0 Å². The molecule has 2 heterocycles. The van der Waals surface area contributed by atoms with Crippen LogP contribution in [0.1, 0.15) is 36.2 Å². The van der Waals surface area contributed by atoms with Crippen LogP contribution in [0.2, 0.25) is 0 Å². The molecule has 1 aliphatic rings. The van der Waals surface area contributed by atoms with E-state index in [1.807, 2.05) is 0 Å². The Morgan fingerprint density at radius 3 is 2.77 bits per heavy atom. The summed E-state index contributed by atoms with van der Waals surface area (Å²) in [5.74, 6) is -0.103. The molecule has 0 saturated carbocycles. The van der Waals surface area contributed by atoms with Crippen molar-refractivity contribution >= 4 is 27.5 Å². The highest BCUT2D eigenvalue weighted by molar-refractivity contribution is 7.90. The fourth-order valence-corrected chi connectivity index (χ4v) is 4.13. The Kier molecular flexibility index (Phi) is 5.24. The molecule has 0 atom stereocenters. The first-order chi connectivity index (χ1) is 12.4. The number of aryl methyl sites for hydroxylation is 1. The normalized spacial score (nSPS) is 14.2. The van der Waals surface area contributed by atoms with Crippen LogP contribution in [0.4, 0.5) is 11.4 Å². The van der Waals surface area contributed by atoms with Gasteiger partial charge in [-0.25, -0.2) is 0 Å². The van der Waals surface area contributed by atoms with Crippen molar-refractivity contribution in [3.05, 3.63) is 53.9 Å². The number of nitrogens with one attached hydrogen (secondary N) is 2. The molecule has 138 valence electrons. The molecule has 0 bridgehead atoms. The molecule has 1 aromatic heterocycles. The molecule has 0 unspecified atom stereocenters. The van der Waals surface area contributed by atoms with E-state index < -0.39 is 10.2 Å². The highest BCUT2D eigenvalue weighted by Gasteiger charge is 2.24. The third-order valence-corrected chi connectivity index (χ3v) is 5.28. The van der Waals surface area contributed by atoms with Crippen molar-refractivity contribution in [2.45, 2.75) is 32.7 Å². The smallest absolute Gasteiger partial charge is 0.299 e. The van der Waals surface area contributed by atoms with Gasteiger partial charge in [0.2, 0.25) is 0 Å². The zero-order chi connectivity index (χ0) is 18.7. The molecule has 0 radical (unpaired) electrons. The van der Waals surface area contributed by atoms with Gasteiger partial charge in [-0.15, -0.1) is 0 Å². The Morgan fingerprint density at radius 1 is 1.27 bits per heavy atom. The van der Waals surface area contributed by atoms with Gasteiger partial charge in [0.05, 0.1) is 11.3 Å². The Bertz CT molecular complexity index is 898. The van der Waals surface area contributed by atoms with Crippen molar-refractivity contribution < 1.29 is 13.2 Å². The molecular formula is C18H22N4O3S. The van der Waals surface area contributed by atoms with Gasteiger partial charge in [-0.1, -0.05) is 0 Å². The van der Waals surface area contributed by atoms with Crippen molar-refractivity contribution in [2.75, 3.05) is 16.2 Å². The quantitative estimate of drug-likeness (QED) is 0.840. The summed E-state index contributed by atoms with van der Waals surface area (Å²) in [6.45, 7) is 4.14. The van der Waals surface area contributed by atoms with Crippen LogP contribution in [0.3, 0.4) is 0 Å². The Morgan fingerprint density at radius 2 is 2.08 bits per heavy atom. The Balaban J connectivity index is 1.85. The largest absolute Gasteiger partial charge is 0.308 e. The highest BCUT2D eigenvalue weighted by atomic mass is 32.2. The van der Waals surface area contributed by atoms with Crippen LogP contribution in [-0.2, 0) is 16.6 Å². The third kappa shape index (κ3) is 4.20. The summed E-state index contributed by atoms with van der Waals surface area (Å²) in [5.41, 5.74) is 2.77. The first kappa shape index (κ1) is 18.3. The van der Waals surface area contributed by atoms with Gasteiger partial charge in [-0.3, -0.25) is 14.5 Å². The third-order valence-electron chi connectivity index (χ3n) is 3.99. The lowest BCUT2D eigenvalue weighted by Crippen LogP contribution is -2.36. The van der Waals surface area contributed by atoms with Gasteiger partial charge >= 0.3 is 0 Å². The van der Waals surface area contributed by atoms with Gasteiger partial charge in [0, 0.05) is 30.7 Å². The summed E-state index contributed by atoms with van der Waals surface area (Å²) in [6, 6.07) is 8.53. The van der Waals surface area contributed by atoms with Gasteiger partial charge in [0.15, 0.2) is 0 Å². The van der Waals surface area contributed by atoms with Gasteiger partial charge in [0.25, 0.3) is 16.1 Å². The van der Waals surface area contributed by atoms with Gasteiger partial charge in [-0.05, 0) is 62.6 Å². The van der Waals surface area contributed by atoms with Gasteiger partial charge in [-0.2, -0.15) is 13.1 Å². The number of nitrogens with zero attached hydrogens (tertiary/aromatic N) is 2. The molecule has 3 rings (SSSR count). The number of amides is 1. The second-order valence-corrected chi connectivity index (χ2v) is 7.97. The van der Waals surface area contributed by atoms with E-state index in [-0.39, 0.29) is 11.9 Å². The summed E-state index contributed by atoms with van der Waals surface area (Å²) in [4.78, 5) is 18.5. The van der Waals surface area contributed by atoms with Crippen LogP contribution in [0, 0.1) is 0 Å². The molecule has 0 fully saturated rings. The number of aromatic nitrogens is 1. The molecule has 0 saturated heterocycles. The minimum absolute atomic E-state index is 0.103. The van der Waals surface area contributed by atoms with Crippen molar-refractivity contribution in [1.82, 2.24) is 9.71 Å². The average molecular weight is 374 g/mol. The number of pyridine rings is 1. The van der Waals surface area contributed by atoms with Crippen molar-refractivity contribution in [2.24, 2.45) is 0 Å². The lowest BCUT2D eigenvalue weighted by atomic mass is 10.0. The number of hydrogen-bond donors (Lipinski definition) is 2. The number of hydrogen-bond acceptors (Lipinski definition) is 4. The van der Waals surface area contributed by atoms with E-state index in [1.54, 1.807) is 61.5 Å². The lowest BCUT2D eigenvalue weighted by Gasteiger charge is -2.30. The van der Waals surface area contributed by atoms with Crippen molar-refractivity contribution in [3.8, 4) is 0 Å². The van der Waals surface area contributed by atoms with Gasteiger partial charge < -0.3 is 4.90 Å². The minimum Gasteiger partial charge on any atom is -0.308 e. The Labute approximate surface area is 153 Å². The fraction of sp³-hybridized carbons (Fsp3) is 0.333. The van der Waals surface area contributed by atoms with Crippen LogP contribution in [-0.4, -0.2) is 31.9 Å². The lowest BCUT2D eigenvalue weighted by molar-refractivity contribution is 0.0984. The van der Waals surface area contributed by atoms with E-state index in [1.165, 1.54) is 0 Å². The predicted octanol–water partition coefficient (Wildman–Crippen LogP) is 2.33. The first-order valence-electron chi connectivity index (χ1n) is 8.50. The number of rotatable bonds is 5. The second kappa shape index (κ2) is 7.43. The summed E-state index contributed by atoms with van der Waals surface area (Å²) >= 11 is 0. The van der Waals surface area contributed by atoms with Gasteiger partial charge in [0.1, 0.15) is 0 Å². The van der Waals surface area contributed by atoms with Crippen LogP contribution < -0.4 is 14.3 Å². The summed E-state index contributed by atoms with van der Waals surface area (Å²) in [7, 11) is -3.62.